The maximum Gasteiger partial charge on any atom is 0.296 e. The smallest absolute Gasteiger partial charge is 0.296 e. The number of nitro benzene ring substituents is 1. The number of nitrogens with one attached hydrogen (secondary N) is 1. The van der Waals surface area contributed by atoms with Crippen LogP contribution in [0.5, 0.6) is 5.75 Å². The van der Waals surface area contributed by atoms with E-state index in [0.29, 0.717) is 11.7 Å². The number of benzene rings is 1. The summed E-state index contributed by atoms with van der Waals surface area (Å²) in [7, 11) is 1.44. The highest BCUT2D eigenvalue weighted by molar-refractivity contribution is 5.94. The molecule has 7 heteroatoms. The van der Waals surface area contributed by atoms with Crippen LogP contribution in [0.2, 0.25) is 0 Å². The van der Waals surface area contributed by atoms with E-state index in [2.05, 4.69) is 17.1 Å². The highest BCUT2D eigenvalue weighted by Crippen LogP contribution is 2.29. The van der Waals surface area contributed by atoms with Crippen molar-refractivity contribution in [1.29, 1.82) is 0 Å². The van der Waals surface area contributed by atoms with Crippen LogP contribution in [0.4, 0.5) is 11.4 Å². The Kier molecular flexibility index (Phi) is 5.32. The Morgan fingerprint density at radius 1 is 1.55 bits per heavy atom. The molecule has 0 aromatic heterocycles. The van der Waals surface area contributed by atoms with Crippen molar-refractivity contribution in [2.75, 3.05) is 32.1 Å². The second-order valence-corrected chi connectivity index (χ2v) is 5.67. The minimum atomic E-state index is -0.527. The number of piperidine rings is 1. The molecular formula is C15H21N3O4. The first-order valence-electron chi connectivity index (χ1n) is 7.34. The van der Waals surface area contributed by atoms with Gasteiger partial charge in [0.2, 0.25) is 5.91 Å². The van der Waals surface area contributed by atoms with Crippen molar-refractivity contribution < 1.29 is 14.5 Å². The third-order valence-electron chi connectivity index (χ3n) is 3.78. The van der Waals surface area contributed by atoms with Gasteiger partial charge in [0.05, 0.1) is 24.6 Å². The van der Waals surface area contributed by atoms with Crippen molar-refractivity contribution in [2.24, 2.45) is 5.92 Å². The molecule has 1 aromatic rings. The summed E-state index contributed by atoms with van der Waals surface area (Å²) in [4.78, 5) is 24.8. The Bertz CT molecular complexity index is 562. The molecule has 1 aliphatic rings. The van der Waals surface area contributed by atoms with Gasteiger partial charge in [-0.1, -0.05) is 6.92 Å². The van der Waals surface area contributed by atoms with Crippen LogP contribution in [0.3, 0.4) is 0 Å². The Balaban J connectivity index is 2.03. The molecule has 7 nitrogen and oxygen atoms in total. The van der Waals surface area contributed by atoms with Gasteiger partial charge < -0.3 is 10.1 Å². The zero-order chi connectivity index (χ0) is 16.1. The molecule has 22 heavy (non-hydrogen) atoms. The number of carbonyl (C=O) groups is 1. The van der Waals surface area contributed by atoms with Crippen LogP contribution in [0.15, 0.2) is 18.2 Å². The molecule has 0 saturated carbocycles. The molecule has 2 rings (SSSR count). The van der Waals surface area contributed by atoms with Crippen molar-refractivity contribution in [3.63, 3.8) is 0 Å². The average molecular weight is 307 g/mol. The normalized spacial score (nSPS) is 18.7. The Morgan fingerprint density at radius 3 is 2.95 bits per heavy atom. The lowest BCUT2D eigenvalue weighted by Gasteiger charge is -2.30. The molecule has 1 atom stereocenters. The highest BCUT2D eigenvalue weighted by Gasteiger charge is 2.21. The summed E-state index contributed by atoms with van der Waals surface area (Å²) in [5, 5.41) is 13.7. The Morgan fingerprint density at radius 2 is 2.32 bits per heavy atom. The first-order chi connectivity index (χ1) is 10.5. The molecular weight excluding hydrogens is 286 g/mol. The third kappa shape index (κ3) is 4.17. The summed E-state index contributed by atoms with van der Waals surface area (Å²) < 4.78 is 4.97. The van der Waals surface area contributed by atoms with Crippen molar-refractivity contribution >= 4 is 17.3 Å². The van der Waals surface area contributed by atoms with Crippen LogP contribution in [0.1, 0.15) is 19.8 Å². The number of hydrogen-bond acceptors (Lipinski definition) is 5. The van der Waals surface area contributed by atoms with Gasteiger partial charge in [-0.15, -0.1) is 0 Å². The SMILES string of the molecule is COc1ccc(NC(=O)CN2CCC[C@H](C)C2)c([N+](=O)[O-])c1. The van der Waals surface area contributed by atoms with E-state index in [1.54, 1.807) is 6.07 Å². The largest absolute Gasteiger partial charge is 0.496 e. The maximum atomic E-state index is 12.1. The summed E-state index contributed by atoms with van der Waals surface area (Å²) >= 11 is 0. The molecule has 1 heterocycles. The quantitative estimate of drug-likeness (QED) is 0.666. The van der Waals surface area contributed by atoms with Crippen LogP contribution >= 0.6 is 0 Å². The van der Waals surface area contributed by atoms with Gasteiger partial charge in [-0.05, 0) is 37.4 Å². The fourth-order valence-corrected chi connectivity index (χ4v) is 2.72. The number of ether oxygens (including phenoxy) is 1. The minimum Gasteiger partial charge on any atom is -0.496 e. The van der Waals surface area contributed by atoms with E-state index in [0.717, 1.165) is 19.5 Å². The highest BCUT2D eigenvalue weighted by atomic mass is 16.6. The fourth-order valence-electron chi connectivity index (χ4n) is 2.72. The van der Waals surface area contributed by atoms with Gasteiger partial charge in [-0.2, -0.15) is 0 Å². The predicted molar refractivity (Wildman–Crippen MR) is 83.1 cm³/mol. The third-order valence-corrected chi connectivity index (χ3v) is 3.78. The van der Waals surface area contributed by atoms with E-state index < -0.39 is 4.92 Å². The van der Waals surface area contributed by atoms with Gasteiger partial charge in [0.1, 0.15) is 11.4 Å². The number of nitro groups is 1. The zero-order valence-electron chi connectivity index (χ0n) is 12.9. The average Bonchev–Trinajstić information content (AvgIpc) is 2.47. The van der Waals surface area contributed by atoms with E-state index in [9.17, 15) is 14.9 Å². The molecule has 1 saturated heterocycles. The van der Waals surface area contributed by atoms with Gasteiger partial charge in [-0.25, -0.2) is 0 Å². The molecule has 1 N–H and O–H groups in total. The second-order valence-electron chi connectivity index (χ2n) is 5.67. The second kappa shape index (κ2) is 7.22. The molecule has 0 unspecified atom stereocenters. The predicted octanol–water partition coefficient (Wildman–Crippen LogP) is 2.27. The lowest BCUT2D eigenvalue weighted by Crippen LogP contribution is -2.39. The van der Waals surface area contributed by atoms with Crippen LogP contribution in [-0.2, 0) is 4.79 Å². The lowest BCUT2D eigenvalue weighted by molar-refractivity contribution is -0.384. The van der Waals surface area contributed by atoms with E-state index in [1.165, 1.54) is 25.7 Å². The van der Waals surface area contributed by atoms with Gasteiger partial charge in [0, 0.05) is 6.54 Å². The molecule has 120 valence electrons. The van der Waals surface area contributed by atoms with E-state index >= 15 is 0 Å². The molecule has 1 aliphatic heterocycles. The van der Waals surface area contributed by atoms with Gasteiger partial charge in [0.25, 0.3) is 5.69 Å². The van der Waals surface area contributed by atoms with Crippen molar-refractivity contribution in [1.82, 2.24) is 4.90 Å². The number of methoxy groups -OCH3 is 1. The first-order valence-corrected chi connectivity index (χ1v) is 7.34. The van der Waals surface area contributed by atoms with Gasteiger partial charge in [0.15, 0.2) is 0 Å². The van der Waals surface area contributed by atoms with Crippen molar-refractivity contribution in [3.05, 3.63) is 28.3 Å². The van der Waals surface area contributed by atoms with E-state index in [4.69, 9.17) is 4.74 Å². The van der Waals surface area contributed by atoms with Crippen LogP contribution in [-0.4, -0.2) is 42.5 Å². The molecule has 1 fully saturated rings. The summed E-state index contributed by atoms with van der Waals surface area (Å²) in [6.45, 7) is 4.20. The summed E-state index contributed by atoms with van der Waals surface area (Å²) in [5.74, 6) is 0.730. The van der Waals surface area contributed by atoms with E-state index in [-0.39, 0.29) is 23.8 Å². The fraction of sp³-hybridized carbons (Fsp3) is 0.533. The molecule has 0 aliphatic carbocycles. The standard InChI is InChI=1S/C15H21N3O4/c1-11-4-3-7-17(9-11)10-15(19)16-13-6-5-12(22-2)8-14(13)18(20)21/h5-6,8,11H,3-4,7,9-10H2,1-2H3,(H,16,19)/t11-/m0/s1. The van der Waals surface area contributed by atoms with Crippen LogP contribution in [0, 0.1) is 16.0 Å². The number of hydrogen-bond donors (Lipinski definition) is 1. The summed E-state index contributed by atoms with van der Waals surface area (Å²) in [5.41, 5.74) is 0.0283. The van der Waals surface area contributed by atoms with Crippen molar-refractivity contribution in [2.45, 2.75) is 19.8 Å². The van der Waals surface area contributed by atoms with Gasteiger partial charge >= 0.3 is 0 Å². The first kappa shape index (κ1) is 16.2. The number of carbonyl (C=O) groups excluding carboxylic acids is 1. The number of anilines is 1. The molecule has 0 bridgehead atoms. The van der Waals surface area contributed by atoms with Crippen LogP contribution in [0.25, 0.3) is 0 Å². The molecule has 1 amide bonds. The topological polar surface area (TPSA) is 84.7 Å². The monoisotopic (exact) mass is 307 g/mol. The number of rotatable bonds is 5. The number of amides is 1. The molecule has 0 radical (unpaired) electrons. The molecule has 1 aromatic carbocycles. The minimum absolute atomic E-state index is 0.167. The van der Waals surface area contributed by atoms with Crippen LogP contribution < -0.4 is 10.1 Å². The van der Waals surface area contributed by atoms with Crippen molar-refractivity contribution in [3.8, 4) is 5.75 Å². The Labute approximate surface area is 129 Å². The summed E-state index contributed by atoms with van der Waals surface area (Å²) in [6.07, 6.45) is 2.26. The lowest BCUT2D eigenvalue weighted by atomic mass is 10.0. The molecule has 0 spiro atoms. The van der Waals surface area contributed by atoms with E-state index in [1.807, 2.05) is 0 Å². The summed E-state index contributed by atoms with van der Waals surface area (Å²) in [6, 6.07) is 4.39. The zero-order valence-corrected chi connectivity index (χ0v) is 12.9. The Hall–Kier alpha value is -2.15. The maximum absolute atomic E-state index is 12.1. The van der Waals surface area contributed by atoms with Gasteiger partial charge in [-0.3, -0.25) is 19.8 Å². The number of nitrogens with zero attached hydrogens (tertiary/aromatic N) is 2. The number of likely N-dealkylation sites (tertiary alicyclic amines) is 1.